The Kier molecular flexibility index (Phi) is 3.84. The molecule has 1 amide bonds. The minimum atomic E-state index is -0.628. The molecule has 0 spiro atoms. The quantitative estimate of drug-likeness (QED) is 0.766. The lowest BCUT2D eigenvalue weighted by molar-refractivity contribution is 0.0945. The molecule has 9 heteroatoms. The molecule has 0 atom stereocenters. The first-order valence-corrected chi connectivity index (χ1v) is 6.66. The molecular formula is C13H10ClFN6O. The lowest BCUT2D eigenvalue weighted by atomic mass is 10.3. The van der Waals surface area contributed by atoms with Gasteiger partial charge < -0.3 is 10.3 Å². The number of hydrogen-bond acceptors (Lipinski definition) is 4. The zero-order valence-corrected chi connectivity index (χ0v) is 11.9. The van der Waals surface area contributed by atoms with E-state index in [1.54, 1.807) is 18.5 Å². The number of H-pyrrole nitrogens is 1. The fraction of sp³-hybridized carbons (Fsp3) is 0.0769. The van der Waals surface area contributed by atoms with Gasteiger partial charge in [-0.2, -0.15) is 0 Å². The number of benzene rings is 1. The highest BCUT2D eigenvalue weighted by atomic mass is 35.5. The van der Waals surface area contributed by atoms with Crippen LogP contribution in [0.25, 0.3) is 5.69 Å². The Bertz CT molecular complexity index is 801. The smallest absolute Gasteiger partial charge is 0.273 e. The average molecular weight is 321 g/mol. The highest BCUT2D eigenvalue weighted by Gasteiger charge is 2.14. The number of halogens is 2. The number of carbonyl (C=O) groups excluding carboxylic acids is 1. The van der Waals surface area contributed by atoms with Gasteiger partial charge in [-0.25, -0.2) is 14.1 Å². The molecule has 0 unspecified atom stereocenters. The summed E-state index contributed by atoms with van der Waals surface area (Å²) in [4.78, 5) is 18.8. The second-order valence-electron chi connectivity index (χ2n) is 4.34. The summed E-state index contributed by atoms with van der Waals surface area (Å²) in [6, 6.07) is 4.49. The van der Waals surface area contributed by atoms with Crippen molar-refractivity contribution in [3.8, 4) is 5.69 Å². The molecule has 2 N–H and O–H groups in total. The van der Waals surface area contributed by atoms with Crippen molar-refractivity contribution in [2.45, 2.75) is 6.54 Å². The Morgan fingerprint density at radius 3 is 3.09 bits per heavy atom. The van der Waals surface area contributed by atoms with E-state index >= 15 is 0 Å². The lowest BCUT2D eigenvalue weighted by Gasteiger charge is -2.02. The van der Waals surface area contributed by atoms with E-state index in [4.69, 9.17) is 11.6 Å². The van der Waals surface area contributed by atoms with Crippen LogP contribution in [0.5, 0.6) is 0 Å². The molecule has 7 nitrogen and oxygen atoms in total. The van der Waals surface area contributed by atoms with E-state index in [0.717, 1.165) is 4.68 Å². The van der Waals surface area contributed by atoms with Gasteiger partial charge in [-0.05, 0) is 12.1 Å². The van der Waals surface area contributed by atoms with Crippen LogP contribution in [0.15, 0.2) is 36.8 Å². The molecule has 0 saturated carbocycles. The van der Waals surface area contributed by atoms with Crippen molar-refractivity contribution in [1.82, 2.24) is 30.3 Å². The minimum absolute atomic E-state index is 0.0307. The number of nitrogens with one attached hydrogen (secondary N) is 2. The molecule has 0 radical (unpaired) electrons. The molecule has 2 heterocycles. The zero-order chi connectivity index (χ0) is 15.5. The van der Waals surface area contributed by atoms with Crippen LogP contribution in [-0.2, 0) is 6.54 Å². The maximum atomic E-state index is 13.9. The topological polar surface area (TPSA) is 88.5 Å². The first kappa shape index (κ1) is 14.2. The van der Waals surface area contributed by atoms with Gasteiger partial charge in [0.1, 0.15) is 11.5 Å². The predicted octanol–water partition coefficient (Wildman–Crippen LogP) is 1.71. The summed E-state index contributed by atoms with van der Waals surface area (Å²) < 4.78 is 15.1. The summed E-state index contributed by atoms with van der Waals surface area (Å²) >= 11 is 5.71. The van der Waals surface area contributed by atoms with Crippen molar-refractivity contribution in [2.24, 2.45) is 0 Å². The first-order chi connectivity index (χ1) is 10.6. The highest BCUT2D eigenvalue weighted by molar-refractivity contribution is 6.30. The zero-order valence-electron chi connectivity index (χ0n) is 11.1. The number of rotatable bonds is 4. The van der Waals surface area contributed by atoms with Gasteiger partial charge >= 0.3 is 0 Å². The molecule has 22 heavy (non-hydrogen) atoms. The first-order valence-electron chi connectivity index (χ1n) is 6.28. The van der Waals surface area contributed by atoms with Crippen molar-refractivity contribution >= 4 is 17.5 Å². The molecule has 112 valence electrons. The third kappa shape index (κ3) is 2.82. The van der Waals surface area contributed by atoms with E-state index in [9.17, 15) is 9.18 Å². The summed E-state index contributed by atoms with van der Waals surface area (Å²) in [6.45, 7) is 0.226. The van der Waals surface area contributed by atoms with E-state index in [1.807, 2.05) is 0 Å². The molecule has 0 aliphatic carbocycles. The summed E-state index contributed by atoms with van der Waals surface area (Å²) in [7, 11) is 0. The second kappa shape index (κ2) is 5.94. The fourth-order valence-corrected chi connectivity index (χ4v) is 1.97. The van der Waals surface area contributed by atoms with Crippen molar-refractivity contribution < 1.29 is 9.18 Å². The molecule has 3 aromatic rings. The molecule has 0 aliphatic heterocycles. The summed E-state index contributed by atoms with van der Waals surface area (Å²) in [5, 5.41) is 10.1. The van der Waals surface area contributed by atoms with Crippen molar-refractivity contribution in [3.63, 3.8) is 0 Å². The van der Waals surface area contributed by atoms with Crippen LogP contribution in [0.3, 0.4) is 0 Å². The maximum Gasteiger partial charge on any atom is 0.273 e. The SMILES string of the molecule is O=C(NCc1ncc[nH]1)c1cn(-c2cccc(Cl)c2F)nn1. The molecule has 3 rings (SSSR count). The number of hydrogen-bond donors (Lipinski definition) is 2. The summed E-state index contributed by atoms with van der Waals surface area (Å²) in [6.07, 6.45) is 4.56. The lowest BCUT2D eigenvalue weighted by Crippen LogP contribution is -2.23. The Morgan fingerprint density at radius 1 is 1.45 bits per heavy atom. The van der Waals surface area contributed by atoms with E-state index < -0.39 is 11.7 Å². The highest BCUT2D eigenvalue weighted by Crippen LogP contribution is 2.20. The van der Waals surface area contributed by atoms with Gasteiger partial charge in [0, 0.05) is 12.4 Å². The number of aromatic nitrogens is 5. The second-order valence-corrected chi connectivity index (χ2v) is 4.75. The van der Waals surface area contributed by atoms with E-state index in [-0.39, 0.29) is 22.9 Å². The molecule has 0 aliphatic rings. The third-order valence-electron chi connectivity index (χ3n) is 2.88. The predicted molar refractivity (Wildman–Crippen MR) is 76.1 cm³/mol. The Morgan fingerprint density at radius 2 is 2.32 bits per heavy atom. The Labute approximate surface area is 129 Å². The van der Waals surface area contributed by atoms with Gasteiger partial charge in [-0.1, -0.05) is 22.9 Å². The van der Waals surface area contributed by atoms with Gasteiger partial charge in [0.15, 0.2) is 11.5 Å². The van der Waals surface area contributed by atoms with E-state index in [2.05, 4.69) is 25.6 Å². The number of aromatic amines is 1. The number of nitrogens with zero attached hydrogens (tertiary/aromatic N) is 4. The molecular weight excluding hydrogens is 311 g/mol. The number of imidazole rings is 1. The van der Waals surface area contributed by atoms with Crippen LogP contribution in [0.2, 0.25) is 5.02 Å². The van der Waals surface area contributed by atoms with Crippen molar-refractivity contribution in [2.75, 3.05) is 0 Å². The van der Waals surface area contributed by atoms with Gasteiger partial charge in [0.25, 0.3) is 5.91 Å². The normalized spacial score (nSPS) is 10.6. The van der Waals surface area contributed by atoms with Crippen LogP contribution in [-0.4, -0.2) is 30.9 Å². The largest absolute Gasteiger partial charge is 0.347 e. The van der Waals surface area contributed by atoms with Crippen molar-refractivity contribution in [3.05, 3.63) is 59.1 Å². The van der Waals surface area contributed by atoms with E-state index in [1.165, 1.54) is 18.3 Å². The molecule has 2 aromatic heterocycles. The molecule has 0 fully saturated rings. The number of carbonyl (C=O) groups is 1. The van der Waals surface area contributed by atoms with Gasteiger partial charge in [-0.15, -0.1) is 5.10 Å². The molecule has 0 saturated heterocycles. The fourth-order valence-electron chi connectivity index (χ4n) is 1.80. The van der Waals surface area contributed by atoms with Crippen LogP contribution in [0.1, 0.15) is 16.3 Å². The maximum absolute atomic E-state index is 13.9. The molecule has 0 bridgehead atoms. The van der Waals surface area contributed by atoms with Gasteiger partial charge in [-0.3, -0.25) is 4.79 Å². The standard InChI is InChI=1S/C13H10ClFN6O/c14-8-2-1-3-10(12(8)15)21-7-9(19-20-21)13(22)18-6-11-16-4-5-17-11/h1-5,7H,6H2,(H,16,17)(H,18,22). The Hall–Kier alpha value is -2.74. The van der Waals surface area contributed by atoms with Crippen LogP contribution in [0.4, 0.5) is 4.39 Å². The summed E-state index contributed by atoms with van der Waals surface area (Å²) in [5.41, 5.74) is 0.177. The van der Waals surface area contributed by atoms with Crippen molar-refractivity contribution in [1.29, 1.82) is 0 Å². The Balaban J connectivity index is 1.75. The van der Waals surface area contributed by atoms with Crippen LogP contribution in [0, 0.1) is 5.82 Å². The van der Waals surface area contributed by atoms with Crippen LogP contribution < -0.4 is 5.32 Å². The van der Waals surface area contributed by atoms with Crippen LogP contribution >= 0.6 is 11.6 Å². The van der Waals surface area contributed by atoms with Gasteiger partial charge in [0.05, 0.1) is 17.8 Å². The monoisotopic (exact) mass is 320 g/mol. The average Bonchev–Trinajstić information content (AvgIpc) is 3.18. The van der Waals surface area contributed by atoms with E-state index in [0.29, 0.717) is 5.82 Å². The number of amides is 1. The molecule has 1 aromatic carbocycles. The minimum Gasteiger partial charge on any atom is -0.347 e. The third-order valence-corrected chi connectivity index (χ3v) is 3.17. The van der Waals surface area contributed by atoms with Gasteiger partial charge in [0.2, 0.25) is 0 Å². The summed E-state index contributed by atoms with van der Waals surface area (Å²) in [5.74, 6) is -0.455.